The van der Waals surface area contributed by atoms with Crippen molar-refractivity contribution in [3.8, 4) is 0 Å². The second-order valence-corrected chi connectivity index (χ2v) is 8.01. The second-order valence-electron chi connectivity index (χ2n) is 8.01. The van der Waals surface area contributed by atoms with E-state index in [4.69, 9.17) is 4.98 Å². The number of rotatable bonds is 7. The fourth-order valence-electron chi connectivity index (χ4n) is 3.67. The average Bonchev–Trinajstić information content (AvgIpc) is 3.12. The molecule has 0 saturated heterocycles. The molecule has 1 amide bonds. The van der Waals surface area contributed by atoms with Crippen LogP contribution in [0.15, 0.2) is 72.8 Å². The zero-order valence-electron chi connectivity index (χ0n) is 17.8. The van der Waals surface area contributed by atoms with E-state index >= 15 is 0 Å². The number of hydrogen-bond donors (Lipinski definition) is 1. The molecule has 3 aromatic carbocycles. The molecule has 0 bridgehead atoms. The molecule has 0 fully saturated rings. The molecule has 4 nitrogen and oxygen atoms in total. The number of nitrogens with one attached hydrogen (secondary N) is 1. The minimum atomic E-state index is -0.355. The number of fused-ring (bicyclic) bond motifs is 1. The topological polar surface area (TPSA) is 46.9 Å². The Labute approximate surface area is 181 Å². The maximum atomic E-state index is 13.1. The predicted octanol–water partition coefficient (Wildman–Crippen LogP) is 5.32. The Morgan fingerprint density at radius 3 is 2.42 bits per heavy atom. The van der Waals surface area contributed by atoms with Gasteiger partial charge in [0.15, 0.2) is 0 Å². The summed E-state index contributed by atoms with van der Waals surface area (Å²) in [6, 6.07) is 22.3. The van der Waals surface area contributed by atoms with Crippen LogP contribution in [0.5, 0.6) is 0 Å². The molecule has 1 N–H and O–H groups in total. The Kier molecular flexibility index (Phi) is 6.12. The van der Waals surface area contributed by atoms with Crippen molar-refractivity contribution in [3.63, 3.8) is 0 Å². The van der Waals surface area contributed by atoms with Gasteiger partial charge in [0.2, 0.25) is 0 Å². The molecule has 5 heteroatoms. The number of carbonyl (C=O) groups is 1. The van der Waals surface area contributed by atoms with Gasteiger partial charge in [0.25, 0.3) is 5.91 Å². The predicted molar refractivity (Wildman–Crippen MR) is 122 cm³/mol. The number of benzene rings is 3. The molecule has 0 spiro atoms. The lowest BCUT2D eigenvalue weighted by Gasteiger charge is -2.12. The van der Waals surface area contributed by atoms with Gasteiger partial charge in [-0.05, 0) is 53.4 Å². The summed E-state index contributed by atoms with van der Waals surface area (Å²) in [5.74, 6) is 0.857. The highest BCUT2D eigenvalue weighted by molar-refractivity contribution is 5.94. The van der Waals surface area contributed by atoms with Crippen molar-refractivity contribution in [3.05, 3.63) is 101 Å². The fraction of sp³-hybridized carbons (Fsp3) is 0.231. The maximum absolute atomic E-state index is 13.1. The highest BCUT2D eigenvalue weighted by Crippen LogP contribution is 2.20. The van der Waals surface area contributed by atoms with Crippen molar-refractivity contribution in [1.82, 2.24) is 14.9 Å². The normalized spacial score (nSPS) is 11.2. The van der Waals surface area contributed by atoms with E-state index in [0.717, 1.165) is 23.4 Å². The number of halogens is 1. The summed E-state index contributed by atoms with van der Waals surface area (Å²) in [4.78, 5) is 17.1. The zero-order valence-corrected chi connectivity index (χ0v) is 17.8. The molecule has 0 unspecified atom stereocenters. The summed E-state index contributed by atoms with van der Waals surface area (Å²) in [5.41, 5.74) is 5.00. The lowest BCUT2D eigenvalue weighted by molar-refractivity contribution is 0.0954. The number of hydrogen-bond acceptors (Lipinski definition) is 2. The number of amides is 1. The van der Waals surface area contributed by atoms with Gasteiger partial charge in [-0.2, -0.15) is 0 Å². The number of imidazole rings is 1. The van der Waals surface area contributed by atoms with Crippen LogP contribution in [0.1, 0.15) is 47.1 Å². The van der Waals surface area contributed by atoms with Crippen LogP contribution in [0.4, 0.5) is 4.39 Å². The Hall–Kier alpha value is -3.47. The van der Waals surface area contributed by atoms with E-state index in [1.807, 2.05) is 18.2 Å². The third-order valence-electron chi connectivity index (χ3n) is 5.46. The molecule has 4 rings (SSSR count). The second kappa shape index (κ2) is 9.13. The Bertz CT molecular complexity index is 1180. The van der Waals surface area contributed by atoms with E-state index in [1.165, 1.54) is 35.4 Å². The minimum absolute atomic E-state index is 0.216. The van der Waals surface area contributed by atoms with Gasteiger partial charge in [-0.25, -0.2) is 9.37 Å². The summed E-state index contributed by atoms with van der Waals surface area (Å²) in [6.07, 6.45) is 0.603. The summed E-state index contributed by atoms with van der Waals surface area (Å²) < 4.78 is 15.3. The summed E-state index contributed by atoms with van der Waals surface area (Å²) >= 11 is 0. The van der Waals surface area contributed by atoms with E-state index in [0.29, 0.717) is 24.4 Å². The highest BCUT2D eigenvalue weighted by atomic mass is 19.1. The standard InChI is InChI=1S/C26H26FN3O/c1-18(2)20-9-7-19(8-10-20)17-30-24-6-4-3-5-23(24)29-25(30)15-16-28-26(31)21-11-13-22(27)14-12-21/h3-14,18H,15-17H2,1-2H3,(H,28,31). The van der Waals surface area contributed by atoms with Gasteiger partial charge < -0.3 is 9.88 Å². The van der Waals surface area contributed by atoms with Gasteiger partial charge in [0, 0.05) is 25.1 Å². The molecular formula is C26H26FN3O. The van der Waals surface area contributed by atoms with Gasteiger partial charge in [-0.3, -0.25) is 4.79 Å². The number of carbonyl (C=O) groups excluding carboxylic acids is 1. The van der Waals surface area contributed by atoms with Crippen molar-refractivity contribution in [2.45, 2.75) is 32.7 Å². The molecule has 0 atom stereocenters. The quantitative estimate of drug-likeness (QED) is 0.444. The molecule has 0 aliphatic carbocycles. The minimum Gasteiger partial charge on any atom is -0.352 e. The molecule has 1 aromatic heterocycles. The Morgan fingerprint density at radius 2 is 1.71 bits per heavy atom. The van der Waals surface area contributed by atoms with Crippen molar-refractivity contribution < 1.29 is 9.18 Å². The van der Waals surface area contributed by atoms with Crippen LogP contribution in [0, 0.1) is 5.82 Å². The van der Waals surface area contributed by atoms with Crippen molar-refractivity contribution >= 4 is 16.9 Å². The molecule has 0 aliphatic rings. The lowest BCUT2D eigenvalue weighted by atomic mass is 10.0. The smallest absolute Gasteiger partial charge is 0.251 e. The van der Waals surface area contributed by atoms with Crippen LogP contribution < -0.4 is 5.32 Å². The molecule has 0 aliphatic heterocycles. The first-order chi connectivity index (χ1) is 15.0. The van der Waals surface area contributed by atoms with Gasteiger partial charge in [0.1, 0.15) is 11.6 Å². The van der Waals surface area contributed by atoms with Crippen LogP contribution in [-0.2, 0) is 13.0 Å². The fourth-order valence-corrected chi connectivity index (χ4v) is 3.67. The van der Waals surface area contributed by atoms with Crippen LogP contribution in [-0.4, -0.2) is 22.0 Å². The van der Waals surface area contributed by atoms with E-state index in [1.54, 1.807) is 0 Å². The molecular weight excluding hydrogens is 389 g/mol. The summed E-state index contributed by atoms with van der Waals surface area (Å²) in [7, 11) is 0. The highest BCUT2D eigenvalue weighted by Gasteiger charge is 2.12. The van der Waals surface area contributed by atoms with Crippen molar-refractivity contribution in [1.29, 1.82) is 0 Å². The molecule has 4 aromatic rings. The Balaban J connectivity index is 1.50. The van der Waals surface area contributed by atoms with Crippen LogP contribution >= 0.6 is 0 Å². The SMILES string of the molecule is CC(C)c1ccc(Cn2c(CCNC(=O)c3ccc(F)cc3)nc3ccccc32)cc1. The summed E-state index contributed by atoms with van der Waals surface area (Å²) in [6.45, 7) is 5.55. The van der Waals surface area contributed by atoms with Gasteiger partial charge in [0.05, 0.1) is 11.0 Å². The first-order valence-electron chi connectivity index (χ1n) is 10.6. The third-order valence-corrected chi connectivity index (χ3v) is 5.46. The summed E-state index contributed by atoms with van der Waals surface area (Å²) in [5, 5.41) is 2.91. The van der Waals surface area contributed by atoms with E-state index < -0.39 is 0 Å². The first-order valence-corrected chi connectivity index (χ1v) is 10.6. The van der Waals surface area contributed by atoms with Gasteiger partial charge in [-0.1, -0.05) is 50.2 Å². The van der Waals surface area contributed by atoms with Crippen molar-refractivity contribution in [2.24, 2.45) is 0 Å². The largest absolute Gasteiger partial charge is 0.352 e. The monoisotopic (exact) mass is 415 g/mol. The van der Waals surface area contributed by atoms with Gasteiger partial charge >= 0.3 is 0 Å². The number of aromatic nitrogens is 2. The third kappa shape index (κ3) is 4.82. The number of nitrogens with zero attached hydrogens (tertiary/aromatic N) is 2. The Morgan fingerprint density at radius 1 is 1.00 bits per heavy atom. The van der Waals surface area contributed by atoms with Crippen LogP contribution in [0.3, 0.4) is 0 Å². The van der Waals surface area contributed by atoms with E-state index in [-0.39, 0.29) is 11.7 Å². The maximum Gasteiger partial charge on any atom is 0.251 e. The van der Waals surface area contributed by atoms with Crippen molar-refractivity contribution in [2.75, 3.05) is 6.54 Å². The lowest BCUT2D eigenvalue weighted by Crippen LogP contribution is -2.26. The molecule has 31 heavy (non-hydrogen) atoms. The molecule has 0 radical (unpaired) electrons. The average molecular weight is 416 g/mol. The molecule has 1 heterocycles. The first kappa shape index (κ1) is 20.8. The molecule has 0 saturated carbocycles. The van der Waals surface area contributed by atoms with E-state index in [2.05, 4.69) is 54.1 Å². The van der Waals surface area contributed by atoms with E-state index in [9.17, 15) is 9.18 Å². The van der Waals surface area contributed by atoms with Crippen LogP contribution in [0.2, 0.25) is 0 Å². The zero-order chi connectivity index (χ0) is 21.8. The van der Waals surface area contributed by atoms with Gasteiger partial charge in [-0.15, -0.1) is 0 Å². The van der Waals surface area contributed by atoms with Crippen LogP contribution in [0.25, 0.3) is 11.0 Å². The number of para-hydroxylation sites is 2. The molecule has 158 valence electrons.